The van der Waals surface area contributed by atoms with Crippen LogP contribution < -0.4 is 0 Å². The summed E-state index contributed by atoms with van der Waals surface area (Å²) in [6.45, 7) is 6.75. The van der Waals surface area contributed by atoms with Gasteiger partial charge >= 0.3 is 0 Å². The number of benzene rings is 1. The molecule has 84 valence electrons. The first-order valence-electron chi connectivity index (χ1n) is 6.02. The minimum Gasteiger partial charge on any atom is -0.307 e. The maximum absolute atomic E-state index is 2.36. The van der Waals surface area contributed by atoms with Crippen LogP contribution in [0, 0.1) is 0 Å². The lowest BCUT2D eigenvalue weighted by molar-refractivity contribution is 0.347. The Morgan fingerprint density at radius 2 is 1.60 bits per heavy atom. The predicted octanol–water partition coefficient (Wildman–Crippen LogP) is 3.13. The summed E-state index contributed by atoms with van der Waals surface area (Å²) < 4.78 is 0. The standard InChI is InChI=1S/C14H23N/c1-4-13-8-10-14(11-9-13)7-6-12-15(3)5-2/h8-11H,4-7,12H2,1-3H3. The van der Waals surface area contributed by atoms with Gasteiger partial charge in [0, 0.05) is 0 Å². The third-order valence-corrected chi connectivity index (χ3v) is 2.98. The van der Waals surface area contributed by atoms with Crippen LogP contribution in [0.3, 0.4) is 0 Å². The molecule has 1 heteroatoms. The number of aryl methyl sites for hydroxylation is 2. The molecular formula is C14H23N. The second-order valence-electron chi connectivity index (χ2n) is 4.17. The zero-order chi connectivity index (χ0) is 11.1. The molecule has 0 spiro atoms. The highest BCUT2D eigenvalue weighted by Crippen LogP contribution is 2.07. The first kappa shape index (κ1) is 12.3. The third-order valence-electron chi connectivity index (χ3n) is 2.98. The van der Waals surface area contributed by atoms with Gasteiger partial charge in [-0.2, -0.15) is 0 Å². The fourth-order valence-corrected chi connectivity index (χ4v) is 1.65. The van der Waals surface area contributed by atoms with E-state index in [1.807, 2.05) is 0 Å². The van der Waals surface area contributed by atoms with Crippen molar-refractivity contribution in [3.8, 4) is 0 Å². The average Bonchev–Trinajstić information content (AvgIpc) is 2.29. The molecule has 0 saturated carbocycles. The van der Waals surface area contributed by atoms with Gasteiger partial charge in [-0.25, -0.2) is 0 Å². The third kappa shape index (κ3) is 4.48. The van der Waals surface area contributed by atoms with E-state index in [1.54, 1.807) is 0 Å². The molecule has 15 heavy (non-hydrogen) atoms. The van der Waals surface area contributed by atoms with E-state index in [4.69, 9.17) is 0 Å². The van der Waals surface area contributed by atoms with E-state index in [-0.39, 0.29) is 0 Å². The zero-order valence-electron chi connectivity index (χ0n) is 10.3. The van der Waals surface area contributed by atoms with Crippen molar-refractivity contribution in [3.63, 3.8) is 0 Å². The molecule has 0 amide bonds. The predicted molar refractivity (Wildman–Crippen MR) is 67.3 cm³/mol. The van der Waals surface area contributed by atoms with E-state index >= 15 is 0 Å². The molecular weight excluding hydrogens is 182 g/mol. The Hall–Kier alpha value is -0.820. The molecule has 1 rings (SSSR count). The van der Waals surface area contributed by atoms with Crippen LogP contribution in [0.4, 0.5) is 0 Å². The molecule has 0 heterocycles. The van der Waals surface area contributed by atoms with Gasteiger partial charge in [0.05, 0.1) is 0 Å². The molecule has 0 fully saturated rings. The normalized spacial score (nSPS) is 10.9. The maximum atomic E-state index is 2.36. The Morgan fingerprint density at radius 1 is 1.00 bits per heavy atom. The molecule has 1 aromatic rings. The van der Waals surface area contributed by atoms with Gasteiger partial charge < -0.3 is 4.90 Å². The molecule has 0 saturated heterocycles. The summed E-state index contributed by atoms with van der Waals surface area (Å²) >= 11 is 0. The minimum atomic E-state index is 1.14. The lowest BCUT2D eigenvalue weighted by Crippen LogP contribution is -2.19. The number of rotatable bonds is 6. The Morgan fingerprint density at radius 3 is 2.13 bits per heavy atom. The SMILES string of the molecule is CCc1ccc(CCCN(C)CC)cc1. The van der Waals surface area contributed by atoms with Gasteiger partial charge in [-0.3, -0.25) is 0 Å². The summed E-state index contributed by atoms with van der Waals surface area (Å²) in [4.78, 5) is 2.36. The van der Waals surface area contributed by atoms with Crippen LogP contribution in [0.5, 0.6) is 0 Å². The van der Waals surface area contributed by atoms with Crippen LogP contribution in [-0.2, 0) is 12.8 Å². The highest BCUT2D eigenvalue weighted by atomic mass is 15.1. The Labute approximate surface area is 94.1 Å². The Bertz CT molecular complexity index is 263. The van der Waals surface area contributed by atoms with Gasteiger partial charge in [0.2, 0.25) is 0 Å². The van der Waals surface area contributed by atoms with Crippen molar-refractivity contribution in [2.24, 2.45) is 0 Å². The fraction of sp³-hybridized carbons (Fsp3) is 0.571. The molecule has 0 bridgehead atoms. The Balaban J connectivity index is 2.31. The summed E-state index contributed by atoms with van der Waals surface area (Å²) in [6, 6.07) is 9.04. The van der Waals surface area contributed by atoms with Crippen molar-refractivity contribution in [1.82, 2.24) is 4.90 Å². The largest absolute Gasteiger partial charge is 0.307 e. The topological polar surface area (TPSA) is 3.24 Å². The molecule has 0 aliphatic heterocycles. The van der Waals surface area contributed by atoms with E-state index in [0.717, 1.165) is 13.0 Å². The maximum Gasteiger partial charge on any atom is -0.00187 e. The summed E-state index contributed by atoms with van der Waals surface area (Å²) in [5.74, 6) is 0. The van der Waals surface area contributed by atoms with Crippen molar-refractivity contribution in [1.29, 1.82) is 0 Å². The molecule has 0 unspecified atom stereocenters. The molecule has 0 aliphatic carbocycles. The molecule has 0 N–H and O–H groups in total. The van der Waals surface area contributed by atoms with Crippen molar-refractivity contribution in [3.05, 3.63) is 35.4 Å². The lowest BCUT2D eigenvalue weighted by atomic mass is 10.1. The summed E-state index contributed by atoms with van der Waals surface area (Å²) in [5.41, 5.74) is 2.90. The van der Waals surface area contributed by atoms with Gasteiger partial charge in [-0.1, -0.05) is 38.1 Å². The fourth-order valence-electron chi connectivity index (χ4n) is 1.65. The first-order valence-corrected chi connectivity index (χ1v) is 6.02. The van der Waals surface area contributed by atoms with Crippen molar-refractivity contribution >= 4 is 0 Å². The van der Waals surface area contributed by atoms with Crippen LogP contribution in [0.15, 0.2) is 24.3 Å². The second kappa shape index (κ2) is 6.62. The van der Waals surface area contributed by atoms with Crippen LogP contribution in [0.1, 0.15) is 31.4 Å². The quantitative estimate of drug-likeness (QED) is 0.689. The molecule has 0 atom stereocenters. The van der Waals surface area contributed by atoms with Gasteiger partial charge in [0.25, 0.3) is 0 Å². The monoisotopic (exact) mass is 205 g/mol. The second-order valence-corrected chi connectivity index (χ2v) is 4.17. The number of hydrogen-bond donors (Lipinski definition) is 0. The van der Waals surface area contributed by atoms with E-state index in [0.29, 0.717) is 0 Å². The van der Waals surface area contributed by atoms with Crippen LogP contribution >= 0.6 is 0 Å². The van der Waals surface area contributed by atoms with E-state index in [2.05, 4.69) is 50.1 Å². The number of hydrogen-bond acceptors (Lipinski definition) is 1. The zero-order valence-corrected chi connectivity index (χ0v) is 10.3. The molecule has 1 nitrogen and oxygen atoms in total. The average molecular weight is 205 g/mol. The van der Waals surface area contributed by atoms with E-state index in [9.17, 15) is 0 Å². The Kier molecular flexibility index (Phi) is 5.41. The van der Waals surface area contributed by atoms with Crippen LogP contribution in [0.25, 0.3) is 0 Å². The van der Waals surface area contributed by atoms with Crippen LogP contribution in [0.2, 0.25) is 0 Å². The van der Waals surface area contributed by atoms with Crippen molar-refractivity contribution < 1.29 is 0 Å². The highest BCUT2D eigenvalue weighted by Gasteiger charge is 1.96. The van der Waals surface area contributed by atoms with Crippen molar-refractivity contribution in [2.45, 2.75) is 33.1 Å². The molecule has 0 radical (unpaired) electrons. The molecule has 0 aliphatic rings. The minimum absolute atomic E-state index is 1.14. The number of nitrogens with zero attached hydrogens (tertiary/aromatic N) is 1. The lowest BCUT2D eigenvalue weighted by Gasteiger charge is -2.13. The van der Waals surface area contributed by atoms with Crippen molar-refractivity contribution in [2.75, 3.05) is 20.1 Å². The summed E-state index contributed by atoms with van der Waals surface area (Å²) in [7, 11) is 2.18. The van der Waals surface area contributed by atoms with Gasteiger partial charge in [-0.05, 0) is 50.5 Å². The summed E-state index contributed by atoms with van der Waals surface area (Å²) in [5, 5.41) is 0. The summed E-state index contributed by atoms with van der Waals surface area (Å²) in [6.07, 6.45) is 3.60. The van der Waals surface area contributed by atoms with E-state index < -0.39 is 0 Å². The van der Waals surface area contributed by atoms with E-state index in [1.165, 1.54) is 30.5 Å². The first-order chi connectivity index (χ1) is 7.26. The smallest absolute Gasteiger partial charge is 0.00187 e. The van der Waals surface area contributed by atoms with Gasteiger partial charge in [0.1, 0.15) is 0 Å². The van der Waals surface area contributed by atoms with Gasteiger partial charge in [0.15, 0.2) is 0 Å². The molecule has 0 aromatic heterocycles. The molecule has 1 aromatic carbocycles. The highest BCUT2D eigenvalue weighted by molar-refractivity contribution is 5.22. The van der Waals surface area contributed by atoms with Crippen LogP contribution in [-0.4, -0.2) is 25.0 Å². The van der Waals surface area contributed by atoms with Gasteiger partial charge in [-0.15, -0.1) is 0 Å².